The van der Waals surface area contributed by atoms with Crippen molar-refractivity contribution in [2.24, 2.45) is 0 Å². The maximum absolute atomic E-state index is 5.44. The van der Waals surface area contributed by atoms with E-state index in [1.807, 2.05) is 6.07 Å². The molecule has 5 nitrogen and oxygen atoms in total. The first-order chi connectivity index (χ1) is 12.5. The molecule has 0 aliphatic heterocycles. The van der Waals surface area contributed by atoms with Crippen LogP contribution in [0, 0.1) is 13.8 Å². The highest BCUT2D eigenvalue weighted by atomic mass is 16.5. The predicted octanol–water partition coefficient (Wildman–Crippen LogP) is 3.92. The van der Waals surface area contributed by atoms with Crippen LogP contribution in [0.4, 0.5) is 0 Å². The molecular weight excluding hydrogens is 324 g/mol. The number of ether oxygens (including phenoxy) is 1. The second-order valence-electron chi connectivity index (χ2n) is 7.16. The molecule has 0 fully saturated rings. The second kappa shape index (κ2) is 6.25. The lowest BCUT2D eigenvalue weighted by Gasteiger charge is -2.12. The zero-order valence-corrected chi connectivity index (χ0v) is 16.0. The lowest BCUT2D eigenvalue weighted by molar-refractivity contribution is 0.389. The van der Waals surface area contributed by atoms with E-state index in [0.717, 1.165) is 51.9 Å². The van der Waals surface area contributed by atoms with Crippen molar-refractivity contribution in [1.29, 1.82) is 0 Å². The fourth-order valence-corrected chi connectivity index (χ4v) is 3.38. The van der Waals surface area contributed by atoms with Gasteiger partial charge in [0.05, 0.1) is 23.7 Å². The highest BCUT2D eigenvalue weighted by Gasteiger charge is 2.16. The lowest BCUT2D eigenvalue weighted by Crippen LogP contribution is -2.18. The number of rotatable bonds is 4. The SMILES string of the molecule is COc1ccc2c(c1)c1nc3cc(C)c(C)cc3nc1n2CCN(C)C. The molecule has 2 aromatic carbocycles. The van der Waals surface area contributed by atoms with Crippen LogP contribution < -0.4 is 4.74 Å². The highest BCUT2D eigenvalue weighted by Crippen LogP contribution is 2.31. The van der Waals surface area contributed by atoms with Gasteiger partial charge in [0.1, 0.15) is 11.3 Å². The summed E-state index contributed by atoms with van der Waals surface area (Å²) in [6.45, 7) is 6.04. The van der Waals surface area contributed by atoms with Crippen molar-refractivity contribution in [3.05, 3.63) is 41.5 Å². The Morgan fingerprint density at radius 3 is 2.35 bits per heavy atom. The first kappa shape index (κ1) is 16.8. The second-order valence-corrected chi connectivity index (χ2v) is 7.16. The van der Waals surface area contributed by atoms with Crippen LogP contribution in [0.5, 0.6) is 5.75 Å². The molecule has 5 heteroatoms. The quantitative estimate of drug-likeness (QED) is 0.560. The van der Waals surface area contributed by atoms with Crippen LogP contribution in [0.15, 0.2) is 30.3 Å². The minimum Gasteiger partial charge on any atom is -0.497 e. The van der Waals surface area contributed by atoms with Gasteiger partial charge in [-0.2, -0.15) is 0 Å². The third kappa shape index (κ3) is 2.69. The van der Waals surface area contributed by atoms with E-state index in [0.29, 0.717) is 0 Å². The van der Waals surface area contributed by atoms with E-state index in [-0.39, 0.29) is 0 Å². The van der Waals surface area contributed by atoms with Crippen molar-refractivity contribution in [2.75, 3.05) is 27.7 Å². The largest absolute Gasteiger partial charge is 0.497 e. The molecule has 0 saturated heterocycles. The molecule has 0 aliphatic rings. The smallest absolute Gasteiger partial charge is 0.160 e. The molecule has 2 heterocycles. The highest BCUT2D eigenvalue weighted by molar-refractivity contribution is 6.07. The van der Waals surface area contributed by atoms with Gasteiger partial charge in [-0.1, -0.05) is 0 Å². The Morgan fingerprint density at radius 1 is 1.00 bits per heavy atom. The standard InChI is InChI=1S/C21H24N4O/c1-13-10-17-18(11-14(13)2)23-21-20(22-17)16-12-15(26-5)6-7-19(16)25(21)9-8-24(3)4/h6-7,10-12H,8-9H2,1-5H3. The van der Waals surface area contributed by atoms with Gasteiger partial charge < -0.3 is 14.2 Å². The molecule has 0 bridgehead atoms. The maximum atomic E-state index is 5.44. The van der Waals surface area contributed by atoms with Crippen molar-refractivity contribution < 1.29 is 4.74 Å². The average Bonchev–Trinajstić information content (AvgIpc) is 2.91. The first-order valence-electron chi connectivity index (χ1n) is 8.87. The Hall–Kier alpha value is -2.66. The summed E-state index contributed by atoms with van der Waals surface area (Å²) in [6, 6.07) is 10.4. The van der Waals surface area contributed by atoms with Crippen molar-refractivity contribution >= 4 is 33.1 Å². The Balaban J connectivity index is 2.07. The van der Waals surface area contributed by atoms with E-state index in [2.05, 4.69) is 61.7 Å². The number of aromatic nitrogens is 3. The summed E-state index contributed by atoms with van der Waals surface area (Å²) in [6.07, 6.45) is 0. The molecule has 0 aliphatic carbocycles. The van der Waals surface area contributed by atoms with Gasteiger partial charge in [-0.15, -0.1) is 0 Å². The number of fused-ring (bicyclic) bond motifs is 4. The fraction of sp³-hybridized carbons (Fsp3) is 0.333. The van der Waals surface area contributed by atoms with Gasteiger partial charge in [0.25, 0.3) is 0 Å². The molecule has 0 amide bonds. The Kier molecular flexibility index (Phi) is 4.04. The van der Waals surface area contributed by atoms with Crippen molar-refractivity contribution in [3.63, 3.8) is 0 Å². The van der Waals surface area contributed by atoms with Crippen molar-refractivity contribution in [3.8, 4) is 5.75 Å². The molecule has 0 atom stereocenters. The zero-order chi connectivity index (χ0) is 18.4. The summed E-state index contributed by atoms with van der Waals surface area (Å²) >= 11 is 0. The number of aryl methyl sites for hydroxylation is 2. The van der Waals surface area contributed by atoms with Gasteiger partial charge in [0.2, 0.25) is 0 Å². The molecule has 26 heavy (non-hydrogen) atoms. The minimum absolute atomic E-state index is 0.839. The summed E-state index contributed by atoms with van der Waals surface area (Å²) in [5.41, 5.74) is 7.38. The number of benzene rings is 2. The normalized spacial score (nSPS) is 11.9. The molecule has 0 saturated carbocycles. The van der Waals surface area contributed by atoms with Crippen molar-refractivity contribution in [1.82, 2.24) is 19.4 Å². The predicted molar refractivity (Wildman–Crippen MR) is 107 cm³/mol. The Bertz CT molecular complexity index is 1130. The van der Waals surface area contributed by atoms with Gasteiger partial charge in [0.15, 0.2) is 5.65 Å². The molecule has 0 radical (unpaired) electrons. The van der Waals surface area contributed by atoms with E-state index in [4.69, 9.17) is 14.7 Å². The van der Waals surface area contributed by atoms with Crippen LogP contribution in [-0.4, -0.2) is 47.2 Å². The Morgan fingerprint density at radius 2 is 1.69 bits per heavy atom. The molecule has 2 aromatic heterocycles. The van der Waals surface area contributed by atoms with Crippen LogP contribution in [0.3, 0.4) is 0 Å². The maximum Gasteiger partial charge on any atom is 0.160 e. The zero-order valence-electron chi connectivity index (χ0n) is 16.0. The van der Waals surface area contributed by atoms with Crippen LogP contribution in [0.2, 0.25) is 0 Å². The summed E-state index contributed by atoms with van der Waals surface area (Å²) < 4.78 is 7.70. The molecule has 4 rings (SSSR count). The summed E-state index contributed by atoms with van der Waals surface area (Å²) in [7, 11) is 5.87. The summed E-state index contributed by atoms with van der Waals surface area (Å²) in [4.78, 5) is 12.2. The van der Waals surface area contributed by atoms with Gasteiger partial charge in [-0.25, -0.2) is 9.97 Å². The van der Waals surface area contributed by atoms with E-state index >= 15 is 0 Å². The average molecular weight is 348 g/mol. The van der Waals surface area contributed by atoms with Crippen LogP contribution >= 0.6 is 0 Å². The van der Waals surface area contributed by atoms with Crippen molar-refractivity contribution in [2.45, 2.75) is 20.4 Å². The van der Waals surface area contributed by atoms with Gasteiger partial charge in [-0.3, -0.25) is 0 Å². The van der Waals surface area contributed by atoms with Crippen LogP contribution in [-0.2, 0) is 6.54 Å². The van der Waals surface area contributed by atoms with Gasteiger partial charge in [-0.05, 0) is 69.4 Å². The molecular formula is C21H24N4O. The molecule has 0 unspecified atom stereocenters. The Labute approximate surface area is 153 Å². The van der Waals surface area contributed by atoms with E-state index in [1.165, 1.54) is 11.1 Å². The minimum atomic E-state index is 0.839. The monoisotopic (exact) mass is 348 g/mol. The number of likely N-dealkylation sites (N-methyl/N-ethyl adjacent to an activating group) is 1. The fourth-order valence-electron chi connectivity index (χ4n) is 3.38. The number of methoxy groups -OCH3 is 1. The molecule has 0 N–H and O–H groups in total. The third-order valence-corrected chi connectivity index (χ3v) is 5.04. The number of nitrogens with zero attached hydrogens (tertiary/aromatic N) is 4. The number of hydrogen-bond acceptors (Lipinski definition) is 4. The molecule has 0 spiro atoms. The van der Waals surface area contributed by atoms with E-state index in [1.54, 1.807) is 7.11 Å². The molecule has 4 aromatic rings. The van der Waals surface area contributed by atoms with Gasteiger partial charge in [0, 0.05) is 18.5 Å². The van der Waals surface area contributed by atoms with Crippen LogP contribution in [0.25, 0.3) is 33.1 Å². The molecule has 134 valence electrons. The summed E-state index contributed by atoms with van der Waals surface area (Å²) in [5.74, 6) is 0.839. The number of hydrogen-bond donors (Lipinski definition) is 0. The summed E-state index contributed by atoms with van der Waals surface area (Å²) in [5, 5.41) is 1.09. The first-order valence-corrected chi connectivity index (χ1v) is 8.87. The van der Waals surface area contributed by atoms with E-state index < -0.39 is 0 Å². The van der Waals surface area contributed by atoms with Gasteiger partial charge >= 0.3 is 0 Å². The third-order valence-electron chi connectivity index (χ3n) is 5.04. The van der Waals surface area contributed by atoms with Crippen LogP contribution in [0.1, 0.15) is 11.1 Å². The topological polar surface area (TPSA) is 43.2 Å². The van der Waals surface area contributed by atoms with E-state index in [9.17, 15) is 0 Å². The lowest BCUT2D eigenvalue weighted by atomic mass is 10.1.